The Labute approximate surface area is 70.9 Å². The minimum atomic E-state index is 0.277. The minimum Gasteiger partial charge on any atom is -0.316 e. The van der Waals surface area contributed by atoms with Gasteiger partial charge in [0.2, 0.25) is 0 Å². The molecule has 0 amide bonds. The summed E-state index contributed by atoms with van der Waals surface area (Å²) in [7, 11) is 0. The van der Waals surface area contributed by atoms with Crippen molar-refractivity contribution in [3.8, 4) is 0 Å². The van der Waals surface area contributed by atoms with Crippen LogP contribution in [0.15, 0.2) is 30.3 Å². The lowest BCUT2D eigenvalue weighted by Crippen LogP contribution is -2.24. The third-order valence-electron chi connectivity index (χ3n) is 1.55. The molecule has 1 saturated heterocycles. The molecule has 1 heterocycles. The zero-order chi connectivity index (χ0) is 8.23. The van der Waals surface area contributed by atoms with Crippen molar-refractivity contribution >= 4 is 0 Å². The first kappa shape index (κ1) is 7.73. The fourth-order valence-corrected chi connectivity index (χ4v) is 0.907. The molecule has 1 aliphatic rings. The maximum atomic E-state index is 5.14. The average Bonchev–Trinajstić information content (AvgIpc) is 2.04. The summed E-state index contributed by atoms with van der Waals surface area (Å²) in [5.74, 6) is 0. The molecule has 0 saturated carbocycles. The van der Waals surface area contributed by atoms with E-state index >= 15 is 0 Å². The van der Waals surface area contributed by atoms with E-state index in [-0.39, 0.29) is 6.48 Å². The molecule has 0 spiro atoms. The zero-order valence-electron chi connectivity index (χ0n) is 6.53. The molecule has 1 aromatic carbocycles. The van der Waals surface area contributed by atoms with Gasteiger partial charge in [0.1, 0.15) is 0 Å². The van der Waals surface area contributed by atoms with Gasteiger partial charge in [0.05, 0.1) is 6.61 Å². The molecule has 3 heteroatoms. The maximum Gasteiger partial charge on any atom is 0.375 e. The van der Waals surface area contributed by atoms with Crippen LogP contribution in [0.4, 0.5) is 0 Å². The highest BCUT2D eigenvalue weighted by Crippen LogP contribution is 2.18. The number of ether oxygens (including phenoxy) is 3. The Morgan fingerprint density at radius 3 is 2.50 bits per heavy atom. The second kappa shape index (κ2) is 3.67. The van der Waals surface area contributed by atoms with E-state index in [0.717, 1.165) is 5.56 Å². The van der Waals surface area contributed by atoms with Crippen molar-refractivity contribution in [2.75, 3.05) is 6.79 Å². The lowest BCUT2D eigenvalue weighted by atomic mass is 10.2. The van der Waals surface area contributed by atoms with E-state index in [1.807, 2.05) is 30.3 Å². The monoisotopic (exact) mass is 165 g/mol. The largest absolute Gasteiger partial charge is 0.375 e. The molecule has 0 unspecified atom stereocenters. The molecule has 0 N–H and O–H groups in total. The Kier molecular flexibility index (Phi) is 2.36. The topological polar surface area (TPSA) is 27.7 Å². The van der Waals surface area contributed by atoms with Crippen LogP contribution < -0.4 is 0 Å². The molecular weight excluding hydrogens is 156 g/mol. The first-order valence-corrected chi connectivity index (χ1v) is 3.74. The maximum absolute atomic E-state index is 5.14. The van der Waals surface area contributed by atoms with Crippen LogP contribution in [0, 0.1) is 6.48 Å². The molecule has 12 heavy (non-hydrogen) atoms. The molecule has 0 aliphatic carbocycles. The predicted octanol–water partition coefficient (Wildman–Crippen LogP) is 1.65. The molecule has 3 nitrogen and oxygen atoms in total. The molecule has 0 bridgehead atoms. The second-order valence-electron chi connectivity index (χ2n) is 2.43. The number of hydrogen-bond acceptors (Lipinski definition) is 3. The van der Waals surface area contributed by atoms with Gasteiger partial charge in [-0.1, -0.05) is 30.3 Å². The van der Waals surface area contributed by atoms with Gasteiger partial charge in [-0.2, -0.15) is 0 Å². The van der Waals surface area contributed by atoms with Crippen LogP contribution in [-0.2, 0) is 20.8 Å². The highest BCUT2D eigenvalue weighted by atomic mass is 17.0. The highest BCUT2D eigenvalue weighted by molar-refractivity contribution is 5.13. The molecule has 2 rings (SSSR count). The van der Waals surface area contributed by atoms with Crippen LogP contribution in [0.1, 0.15) is 5.56 Å². The van der Waals surface area contributed by atoms with Crippen molar-refractivity contribution in [3.63, 3.8) is 0 Å². The van der Waals surface area contributed by atoms with E-state index < -0.39 is 0 Å². The number of rotatable bonds is 3. The van der Waals surface area contributed by atoms with E-state index in [0.29, 0.717) is 13.4 Å². The Morgan fingerprint density at radius 1 is 1.17 bits per heavy atom. The van der Waals surface area contributed by atoms with E-state index in [4.69, 9.17) is 14.2 Å². The summed E-state index contributed by atoms with van der Waals surface area (Å²) in [6.07, 6.45) is 0. The SMILES string of the molecule is c1ccc(CO[C]2OCO2)cc1. The van der Waals surface area contributed by atoms with Crippen LogP contribution in [0.2, 0.25) is 0 Å². The van der Waals surface area contributed by atoms with Gasteiger partial charge in [0, 0.05) is 0 Å². The second-order valence-corrected chi connectivity index (χ2v) is 2.43. The molecular formula is C9H9O3. The molecule has 63 valence electrons. The Hall–Kier alpha value is -0.900. The Morgan fingerprint density at radius 2 is 1.92 bits per heavy atom. The van der Waals surface area contributed by atoms with Gasteiger partial charge in [-0.25, -0.2) is 0 Å². The van der Waals surface area contributed by atoms with E-state index in [1.54, 1.807) is 0 Å². The summed E-state index contributed by atoms with van der Waals surface area (Å²) in [5, 5.41) is 0. The third kappa shape index (κ3) is 1.82. The van der Waals surface area contributed by atoms with Gasteiger partial charge in [-0.15, -0.1) is 0 Å². The van der Waals surface area contributed by atoms with Crippen LogP contribution >= 0.6 is 0 Å². The van der Waals surface area contributed by atoms with Crippen molar-refractivity contribution < 1.29 is 14.2 Å². The fraction of sp³-hybridized carbons (Fsp3) is 0.222. The summed E-state index contributed by atoms with van der Waals surface area (Å²) in [6.45, 7) is 1.08. The highest BCUT2D eigenvalue weighted by Gasteiger charge is 2.22. The normalized spacial score (nSPS) is 17.3. The van der Waals surface area contributed by atoms with Gasteiger partial charge >= 0.3 is 6.48 Å². The summed E-state index contributed by atoms with van der Waals surface area (Å²) in [6, 6.07) is 9.86. The van der Waals surface area contributed by atoms with E-state index in [2.05, 4.69) is 0 Å². The Balaban J connectivity index is 1.79. The smallest absolute Gasteiger partial charge is 0.316 e. The molecule has 1 aliphatic heterocycles. The van der Waals surface area contributed by atoms with Crippen LogP contribution in [-0.4, -0.2) is 6.79 Å². The predicted molar refractivity (Wildman–Crippen MR) is 41.5 cm³/mol. The molecule has 0 atom stereocenters. The lowest BCUT2D eigenvalue weighted by molar-refractivity contribution is -0.332. The van der Waals surface area contributed by atoms with Crippen molar-refractivity contribution in [1.29, 1.82) is 0 Å². The van der Waals surface area contributed by atoms with E-state index in [1.165, 1.54) is 0 Å². The fourth-order valence-electron chi connectivity index (χ4n) is 0.907. The summed E-state index contributed by atoms with van der Waals surface area (Å²) < 4.78 is 14.8. The summed E-state index contributed by atoms with van der Waals surface area (Å²) >= 11 is 0. The third-order valence-corrected chi connectivity index (χ3v) is 1.55. The first-order chi connectivity index (χ1) is 5.95. The van der Waals surface area contributed by atoms with Gasteiger partial charge < -0.3 is 4.74 Å². The van der Waals surface area contributed by atoms with E-state index in [9.17, 15) is 0 Å². The zero-order valence-corrected chi connectivity index (χ0v) is 6.53. The standard InChI is InChI=1S/C9H9O3/c1-2-4-8(5-3-1)6-10-9-11-7-12-9/h1-5H,6-7H2. The molecule has 1 radical (unpaired) electrons. The van der Waals surface area contributed by atoms with Gasteiger partial charge in [0.15, 0.2) is 6.79 Å². The Bertz CT molecular complexity index is 231. The van der Waals surface area contributed by atoms with Crippen LogP contribution in [0.3, 0.4) is 0 Å². The van der Waals surface area contributed by atoms with Crippen LogP contribution in [0.5, 0.6) is 0 Å². The number of hydrogen-bond donors (Lipinski definition) is 0. The van der Waals surface area contributed by atoms with Crippen molar-refractivity contribution in [2.45, 2.75) is 6.61 Å². The molecule has 1 aromatic rings. The van der Waals surface area contributed by atoms with Crippen LogP contribution in [0.25, 0.3) is 0 Å². The lowest BCUT2D eigenvalue weighted by Gasteiger charge is -2.23. The first-order valence-electron chi connectivity index (χ1n) is 3.74. The summed E-state index contributed by atoms with van der Waals surface area (Å²) in [4.78, 5) is 0. The minimum absolute atomic E-state index is 0.277. The number of benzene rings is 1. The van der Waals surface area contributed by atoms with Gasteiger partial charge in [-0.05, 0) is 5.56 Å². The van der Waals surface area contributed by atoms with Gasteiger partial charge in [0.25, 0.3) is 0 Å². The van der Waals surface area contributed by atoms with Gasteiger partial charge in [-0.3, -0.25) is 9.47 Å². The summed E-state index contributed by atoms with van der Waals surface area (Å²) in [5.41, 5.74) is 1.10. The molecule has 0 aromatic heterocycles. The van der Waals surface area contributed by atoms with Crippen molar-refractivity contribution in [3.05, 3.63) is 42.4 Å². The quantitative estimate of drug-likeness (QED) is 0.681. The van der Waals surface area contributed by atoms with Crippen molar-refractivity contribution in [2.24, 2.45) is 0 Å². The average molecular weight is 165 g/mol. The molecule has 1 fully saturated rings. The van der Waals surface area contributed by atoms with Crippen molar-refractivity contribution in [1.82, 2.24) is 0 Å².